The van der Waals surface area contributed by atoms with E-state index in [-0.39, 0.29) is 11.7 Å². The van der Waals surface area contributed by atoms with Crippen LogP contribution in [0.2, 0.25) is 5.02 Å². The monoisotopic (exact) mass is 610 g/mol. The van der Waals surface area contributed by atoms with Gasteiger partial charge in [-0.1, -0.05) is 59.3 Å². The highest BCUT2D eigenvalue weighted by atomic mass is 35.5. The molecule has 4 rings (SSSR count). The molecular weight excluding hydrogens is 580 g/mol. The van der Waals surface area contributed by atoms with Crippen molar-refractivity contribution >= 4 is 51.6 Å². The van der Waals surface area contributed by atoms with Gasteiger partial charge in [0.05, 0.1) is 19.5 Å². The van der Waals surface area contributed by atoms with Crippen LogP contribution in [0.15, 0.2) is 65.7 Å². The van der Waals surface area contributed by atoms with Gasteiger partial charge in [-0.2, -0.15) is 0 Å². The molecule has 1 N–H and O–H groups in total. The summed E-state index contributed by atoms with van der Waals surface area (Å²) < 4.78 is 12.9. The van der Waals surface area contributed by atoms with E-state index in [1.807, 2.05) is 66.3 Å². The van der Waals surface area contributed by atoms with Gasteiger partial charge in [-0.25, -0.2) is 4.79 Å². The number of nitrogens with zero attached hydrogens (tertiary/aromatic N) is 3. The van der Waals surface area contributed by atoms with Gasteiger partial charge in [0.15, 0.2) is 5.16 Å². The molecule has 0 radical (unpaired) electrons. The smallest absolute Gasteiger partial charge is 0.341 e. The minimum absolute atomic E-state index is 0.0899. The molecule has 2 aromatic carbocycles. The summed E-state index contributed by atoms with van der Waals surface area (Å²) in [6, 6.07) is 13.4. The fourth-order valence-corrected chi connectivity index (χ4v) is 6.07. The highest BCUT2D eigenvalue weighted by Crippen LogP contribution is 2.36. The number of esters is 1. The summed E-state index contributed by atoms with van der Waals surface area (Å²) in [6.07, 6.45) is 3.16. The van der Waals surface area contributed by atoms with Crippen LogP contribution in [0.1, 0.15) is 33.7 Å². The Labute approximate surface area is 252 Å². The van der Waals surface area contributed by atoms with Crippen LogP contribution >= 0.6 is 34.7 Å². The molecule has 0 atom stereocenters. The largest absolute Gasteiger partial charge is 0.493 e. The molecule has 2 heterocycles. The number of ether oxygens (including phenoxy) is 2. The van der Waals surface area contributed by atoms with Gasteiger partial charge in [-0.05, 0) is 49.6 Å². The lowest BCUT2D eigenvalue weighted by Crippen LogP contribution is -2.16. The van der Waals surface area contributed by atoms with Crippen molar-refractivity contribution < 1.29 is 19.1 Å². The minimum Gasteiger partial charge on any atom is -0.493 e. The third kappa shape index (κ3) is 7.78. The first kappa shape index (κ1) is 30.4. The number of nitrogens with one attached hydrogen (secondary N) is 1. The number of aryl methyl sites for hydroxylation is 3. The average Bonchev–Trinajstić information content (AvgIpc) is 3.55. The van der Waals surface area contributed by atoms with Gasteiger partial charge in [0.25, 0.3) is 0 Å². The van der Waals surface area contributed by atoms with Gasteiger partial charge in [0.2, 0.25) is 5.91 Å². The normalized spacial score (nSPS) is 10.8. The van der Waals surface area contributed by atoms with E-state index in [0.717, 1.165) is 40.2 Å². The van der Waals surface area contributed by atoms with E-state index in [0.29, 0.717) is 40.3 Å². The first-order valence-corrected chi connectivity index (χ1v) is 15.2. The van der Waals surface area contributed by atoms with Gasteiger partial charge >= 0.3 is 5.97 Å². The number of methoxy groups -OCH3 is 1. The average molecular weight is 611 g/mol. The maximum atomic E-state index is 12.9. The molecule has 1 amide bonds. The van der Waals surface area contributed by atoms with E-state index in [2.05, 4.69) is 22.1 Å². The first-order valence-electron chi connectivity index (χ1n) is 12.9. The van der Waals surface area contributed by atoms with Crippen molar-refractivity contribution in [3.05, 3.63) is 88.0 Å². The van der Waals surface area contributed by atoms with Crippen LogP contribution in [0.5, 0.6) is 5.75 Å². The maximum Gasteiger partial charge on any atom is 0.341 e. The Morgan fingerprint density at radius 3 is 2.66 bits per heavy atom. The van der Waals surface area contributed by atoms with Crippen molar-refractivity contribution in [2.24, 2.45) is 0 Å². The summed E-state index contributed by atoms with van der Waals surface area (Å²) in [5.74, 6) is 0.913. The summed E-state index contributed by atoms with van der Waals surface area (Å²) >= 11 is 8.58. The molecule has 0 unspecified atom stereocenters. The Balaban J connectivity index is 1.37. The Hall–Kier alpha value is -3.60. The molecule has 2 aromatic heterocycles. The number of carbonyl (C=O) groups is 2. The first-order chi connectivity index (χ1) is 19.8. The molecular formula is C30H31ClN4O4S2. The van der Waals surface area contributed by atoms with E-state index in [1.165, 1.54) is 30.2 Å². The third-order valence-corrected chi connectivity index (χ3v) is 8.27. The topological polar surface area (TPSA) is 95.3 Å². The Morgan fingerprint density at radius 1 is 1.17 bits per heavy atom. The molecule has 214 valence electrons. The van der Waals surface area contributed by atoms with Crippen LogP contribution in [-0.2, 0) is 22.5 Å². The molecule has 0 aliphatic heterocycles. The molecule has 0 aliphatic rings. The van der Waals surface area contributed by atoms with Crippen LogP contribution in [0.25, 0.3) is 11.1 Å². The molecule has 0 aliphatic carbocycles. The fraction of sp³-hybridized carbons (Fsp3) is 0.267. The van der Waals surface area contributed by atoms with Crippen molar-refractivity contribution in [1.29, 1.82) is 0 Å². The predicted molar refractivity (Wildman–Crippen MR) is 165 cm³/mol. The number of anilines is 1. The summed E-state index contributed by atoms with van der Waals surface area (Å²) in [4.78, 5) is 25.6. The second kappa shape index (κ2) is 14.3. The molecule has 11 heteroatoms. The Morgan fingerprint density at radius 2 is 1.95 bits per heavy atom. The molecule has 41 heavy (non-hydrogen) atoms. The third-order valence-electron chi connectivity index (χ3n) is 6.17. The highest BCUT2D eigenvalue weighted by Gasteiger charge is 2.23. The van der Waals surface area contributed by atoms with E-state index in [4.69, 9.17) is 21.1 Å². The highest BCUT2D eigenvalue weighted by molar-refractivity contribution is 7.99. The second-order valence-electron chi connectivity index (χ2n) is 9.21. The van der Waals surface area contributed by atoms with Crippen molar-refractivity contribution in [3.8, 4) is 16.9 Å². The van der Waals surface area contributed by atoms with Crippen molar-refractivity contribution in [2.75, 3.05) is 24.8 Å². The molecule has 0 saturated heterocycles. The zero-order chi connectivity index (χ0) is 29.4. The number of benzene rings is 2. The van der Waals surface area contributed by atoms with Crippen molar-refractivity contribution in [3.63, 3.8) is 0 Å². The van der Waals surface area contributed by atoms with Crippen LogP contribution in [0.3, 0.4) is 0 Å². The zero-order valence-electron chi connectivity index (χ0n) is 23.1. The molecule has 0 spiro atoms. The number of thiophene rings is 1. The summed E-state index contributed by atoms with van der Waals surface area (Å²) in [7, 11) is 1.33. The zero-order valence-corrected chi connectivity index (χ0v) is 25.5. The number of aromatic nitrogens is 3. The molecule has 0 bridgehead atoms. The van der Waals surface area contributed by atoms with E-state index >= 15 is 0 Å². The SMILES string of the molecule is C=CCn1c(CCCOc2ccc(Cl)cc2C)nnc1SCC(=O)Nc1scc(-c2ccc(C)cc2)c1C(=O)OC. The lowest BCUT2D eigenvalue weighted by Gasteiger charge is -2.10. The molecule has 0 saturated carbocycles. The lowest BCUT2D eigenvalue weighted by molar-refractivity contribution is -0.113. The number of hydrogen-bond acceptors (Lipinski definition) is 8. The number of halogens is 1. The van der Waals surface area contributed by atoms with Crippen LogP contribution in [-0.4, -0.2) is 46.1 Å². The van der Waals surface area contributed by atoms with Crippen molar-refractivity contribution in [2.45, 2.75) is 38.4 Å². The predicted octanol–water partition coefficient (Wildman–Crippen LogP) is 6.99. The van der Waals surface area contributed by atoms with Crippen LogP contribution in [0.4, 0.5) is 5.00 Å². The van der Waals surface area contributed by atoms with E-state index in [1.54, 1.807) is 6.08 Å². The van der Waals surface area contributed by atoms with Gasteiger partial charge in [0.1, 0.15) is 22.1 Å². The standard InChI is InChI=1S/C30H31ClN4O4S2/c1-5-14-35-25(7-6-15-39-24-13-12-22(31)16-20(24)3)33-34-30(35)41-18-26(36)32-28-27(29(37)38-4)23(17-40-28)21-10-8-19(2)9-11-21/h5,8-13,16-17H,1,6-7,14-15,18H2,2-4H3,(H,32,36). The molecule has 8 nitrogen and oxygen atoms in total. The minimum atomic E-state index is -0.504. The quantitative estimate of drug-likeness (QED) is 0.0754. The number of amides is 1. The van der Waals surface area contributed by atoms with Crippen molar-refractivity contribution in [1.82, 2.24) is 14.8 Å². The number of carbonyl (C=O) groups excluding carboxylic acids is 2. The van der Waals surface area contributed by atoms with E-state index in [9.17, 15) is 9.59 Å². The van der Waals surface area contributed by atoms with Crippen LogP contribution in [0, 0.1) is 13.8 Å². The van der Waals surface area contributed by atoms with E-state index < -0.39 is 5.97 Å². The van der Waals surface area contributed by atoms with Gasteiger partial charge in [0, 0.05) is 28.9 Å². The number of hydrogen-bond donors (Lipinski definition) is 1. The van der Waals surface area contributed by atoms with Crippen LogP contribution < -0.4 is 10.1 Å². The molecule has 0 fully saturated rings. The number of rotatable bonds is 13. The number of allylic oxidation sites excluding steroid dienone is 1. The van der Waals surface area contributed by atoms with Gasteiger partial charge < -0.3 is 19.4 Å². The summed E-state index contributed by atoms with van der Waals surface area (Å²) in [5.41, 5.74) is 4.03. The Bertz CT molecular complexity index is 1530. The summed E-state index contributed by atoms with van der Waals surface area (Å²) in [6.45, 7) is 8.83. The summed E-state index contributed by atoms with van der Waals surface area (Å²) in [5, 5.41) is 15.1. The Kier molecular flexibility index (Phi) is 10.6. The van der Waals surface area contributed by atoms with Gasteiger partial charge in [-0.3, -0.25) is 4.79 Å². The second-order valence-corrected chi connectivity index (χ2v) is 11.5. The molecule has 4 aromatic rings. The lowest BCUT2D eigenvalue weighted by atomic mass is 10.0. The maximum absolute atomic E-state index is 12.9. The number of thioether (sulfide) groups is 1. The fourth-order valence-electron chi connectivity index (χ4n) is 4.10. The van der Waals surface area contributed by atoms with Gasteiger partial charge in [-0.15, -0.1) is 28.1 Å².